The van der Waals surface area contributed by atoms with Gasteiger partial charge in [0.1, 0.15) is 0 Å². The number of benzene rings is 1. The van der Waals surface area contributed by atoms with Crippen LogP contribution < -0.4 is 10.6 Å². The molecule has 0 radical (unpaired) electrons. The van der Waals surface area contributed by atoms with Crippen LogP contribution in [0.15, 0.2) is 53.9 Å². The van der Waals surface area contributed by atoms with E-state index in [1.165, 1.54) is 0 Å². The van der Waals surface area contributed by atoms with Gasteiger partial charge in [0.2, 0.25) is 0 Å². The van der Waals surface area contributed by atoms with Crippen LogP contribution >= 0.6 is 23.7 Å². The number of halogens is 1. The molecule has 0 atom stereocenters. The molecular weight excluding hydrogens is 394 g/mol. The van der Waals surface area contributed by atoms with Gasteiger partial charge < -0.3 is 10.6 Å². The number of nitrogens with one attached hydrogen (secondary N) is 2. The molecule has 0 saturated carbocycles. The van der Waals surface area contributed by atoms with Gasteiger partial charge in [-0.1, -0.05) is 24.3 Å². The minimum absolute atomic E-state index is 0. The minimum Gasteiger partial charge on any atom is -0.349 e. The first-order chi connectivity index (χ1) is 13.3. The summed E-state index contributed by atoms with van der Waals surface area (Å²) in [5, 5.41) is 13.0. The summed E-state index contributed by atoms with van der Waals surface area (Å²) in [6.07, 6.45) is 0. The highest BCUT2D eigenvalue weighted by Gasteiger charge is 2.17. The first-order valence-corrected chi connectivity index (χ1v) is 10.1. The van der Waals surface area contributed by atoms with Crippen molar-refractivity contribution in [2.45, 2.75) is 0 Å². The van der Waals surface area contributed by atoms with Crippen LogP contribution in [0.2, 0.25) is 0 Å². The summed E-state index contributed by atoms with van der Waals surface area (Å²) in [4.78, 5) is 16.1. The van der Waals surface area contributed by atoms with Crippen LogP contribution in [0.1, 0.15) is 10.5 Å². The zero-order chi connectivity index (χ0) is 18.5. The number of hydrogen-bond donors (Lipinski definition) is 2. The maximum Gasteiger partial charge on any atom is 0.271 e. The van der Waals surface area contributed by atoms with Gasteiger partial charge in [-0.2, -0.15) is 5.10 Å². The van der Waals surface area contributed by atoms with Crippen LogP contribution in [-0.4, -0.2) is 59.9 Å². The maximum absolute atomic E-state index is 12.6. The highest BCUT2D eigenvalue weighted by atomic mass is 35.5. The molecule has 0 aliphatic carbocycles. The largest absolute Gasteiger partial charge is 0.349 e. The van der Waals surface area contributed by atoms with E-state index >= 15 is 0 Å². The van der Waals surface area contributed by atoms with Gasteiger partial charge in [-0.05, 0) is 29.6 Å². The fraction of sp³-hybridized carbons (Fsp3) is 0.300. The smallest absolute Gasteiger partial charge is 0.271 e. The number of piperazine rings is 1. The molecule has 0 spiro atoms. The lowest BCUT2D eigenvalue weighted by Crippen LogP contribution is -2.46. The molecule has 1 aromatic carbocycles. The van der Waals surface area contributed by atoms with Crippen LogP contribution in [0.3, 0.4) is 0 Å². The number of carbonyl (C=O) groups excluding carboxylic acids is 1. The summed E-state index contributed by atoms with van der Waals surface area (Å²) < 4.78 is 1.84. The summed E-state index contributed by atoms with van der Waals surface area (Å²) in [6, 6.07) is 15.8. The van der Waals surface area contributed by atoms with Gasteiger partial charge in [0.25, 0.3) is 5.91 Å². The zero-order valence-electron chi connectivity index (χ0n) is 15.5. The summed E-state index contributed by atoms with van der Waals surface area (Å²) in [6.45, 7) is 5.58. The monoisotopic (exact) mass is 417 g/mol. The number of aromatic nitrogens is 2. The van der Waals surface area contributed by atoms with E-state index in [9.17, 15) is 4.79 Å². The van der Waals surface area contributed by atoms with Crippen molar-refractivity contribution in [1.82, 2.24) is 25.3 Å². The molecular formula is C20H24ClN5OS. The number of hydrogen-bond acceptors (Lipinski definition) is 5. The standard InChI is InChI=1S/C20H23N5OS.ClH/c26-20(22-10-13-24-11-8-21-9-12-24)17-15-18(19-7-4-14-27-19)25(23-17)16-5-2-1-3-6-16;/h1-7,14-15,21H,8-13H2,(H,22,26);1H. The second kappa shape index (κ2) is 9.84. The third kappa shape index (κ3) is 4.80. The highest BCUT2D eigenvalue weighted by molar-refractivity contribution is 7.13. The molecule has 1 amide bonds. The fourth-order valence-electron chi connectivity index (χ4n) is 3.21. The predicted octanol–water partition coefficient (Wildman–Crippen LogP) is 2.66. The van der Waals surface area contributed by atoms with E-state index in [2.05, 4.69) is 20.6 Å². The molecule has 4 rings (SSSR count). The molecule has 2 aromatic heterocycles. The van der Waals surface area contributed by atoms with Crippen LogP contribution in [0.5, 0.6) is 0 Å². The Morgan fingerprint density at radius 1 is 1.14 bits per heavy atom. The van der Waals surface area contributed by atoms with Gasteiger partial charge in [-0.15, -0.1) is 23.7 Å². The summed E-state index contributed by atoms with van der Waals surface area (Å²) in [7, 11) is 0. The van der Waals surface area contributed by atoms with Crippen molar-refractivity contribution < 1.29 is 4.79 Å². The summed E-state index contributed by atoms with van der Waals surface area (Å²) in [5.41, 5.74) is 2.33. The molecule has 1 aliphatic rings. The van der Waals surface area contributed by atoms with Crippen molar-refractivity contribution >= 4 is 29.7 Å². The predicted molar refractivity (Wildman–Crippen MR) is 116 cm³/mol. The Hall–Kier alpha value is -2.19. The molecule has 6 nitrogen and oxygen atoms in total. The van der Waals surface area contributed by atoms with Crippen molar-refractivity contribution in [3.63, 3.8) is 0 Å². The molecule has 2 N–H and O–H groups in total. The molecule has 8 heteroatoms. The topological polar surface area (TPSA) is 62.2 Å². The van der Waals surface area contributed by atoms with Gasteiger partial charge in [-0.3, -0.25) is 9.69 Å². The SMILES string of the molecule is Cl.O=C(NCCN1CCNCC1)c1cc(-c2cccs2)n(-c2ccccc2)n1. The molecule has 1 aliphatic heterocycles. The zero-order valence-corrected chi connectivity index (χ0v) is 17.1. The summed E-state index contributed by atoms with van der Waals surface area (Å²) >= 11 is 1.64. The normalized spacial score (nSPS) is 14.4. The van der Waals surface area contributed by atoms with Crippen molar-refractivity contribution in [2.75, 3.05) is 39.3 Å². The molecule has 0 bridgehead atoms. The van der Waals surface area contributed by atoms with Gasteiger partial charge in [0, 0.05) is 39.3 Å². The first kappa shape index (κ1) is 20.5. The molecule has 1 saturated heterocycles. The Kier molecular flexibility index (Phi) is 7.22. The highest BCUT2D eigenvalue weighted by Crippen LogP contribution is 2.27. The van der Waals surface area contributed by atoms with Crippen LogP contribution in [0, 0.1) is 0 Å². The number of thiophene rings is 1. The van der Waals surface area contributed by atoms with Gasteiger partial charge in [0.05, 0.1) is 16.3 Å². The average molecular weight is 418 g/mol. The Bertz CT molecular complexity index is 875. The molecule has 3 heterocycles. The average Bonchev–Trinajstić information content (AvgIpc) is 3.39. The minimum atomic E-state index is -0.127. The van der Waals surface area contributed by atoms with Crippen molar-refractivity contribution in [3.8, 4) is 16.3 Å². The van der Waals surface area contributed by atoms with Crippen molar-refractivity contribution in [2.24, 2.45) is 0 Å². The second-order valence-electron chi connectivity index (χ2n) is 6.49. The fourth-order valence-corrected chi connectivity index (χ4v) is 3.94. The van der Waals surface area contributed by atoms with Gasteiger partial charge in [-0.25, -0.2) is 4.68 Å². The number of nitrogens with zero attached hydrogens (tertiary/aromatic N) is 3. The van der Waals surface area contributed by atoms with E-state index in [0.717, 1.165) is 49.0 Å². The van der Waals surface area contributed by atoms with Crippen LogP contribution in [-0.2, 0) is 0 Å². The molecule has 28 heavy (non-hydrogen) atoms. The maximum atomic E-state index is 12.6. The Morgan fingerprint density at radius 2 is 1.93 bits per heavy atom. The molecule has 148 valence electrons. The van der Waals surface area contributed by atoms with E-state index in [1.54, 1.807) is 11.3 Å². The third-order valence-corrected chi connectivity index (χ3v) is 5.53. The van der Waals surface area contributed by atoms with Crippen LogP contribution in [0.25, 0.3) is 16.3 Å². The Balaban J connectivity index is 0.00000225. The van der Waals surface area contributed by atoms with Gasteiger partial charge >= 0.3 is 0 Å². The number of carbonyl (C=O) groups is 1. The van der Waals surface area contributed by atoms with E-state index in [1.807, 2.05) is 58.6 Å². The molecule has 0 unspecified atom stereocenters. The second-order valence-corrected chi connectivity index (χ2v) is 7.43. The van der Waals surface area contributed by atoms with E-state index < -0.39 is 0 Å². The number of rotatable bonds is 6. The Morgan fingerprint density at radius 3 is 2.64 bits per heavy atom. The quantitative estimate of drug-likeness (QED) is 0.647. The third-order valence-electron chi connectivity index (χ3n) is 4.64. The van der Waals surface area contributed by atoms with Crippen molar-refractivity contribution in [1.29, 1.82) is 0 Å². The number of para-hydroxylation sites is 1. The lowest BCUT2D eigenvalue weighted by Gasteiger charge is -2.26. The summed E-state index contributed by atoms with van der Waals surface area (Å²) in [5.74, 6) is -0.127. The molecule has 3 aromatic rings. The van der Waals surface area contributed by atoms with E-state index in [0.29, 0.717) is 12.2 Å². The lowest BCUT2D eigenvalue weighted by molar-refractivity contribution is 0.0942. The Labute approximate surface area is 175 Å². The molecule has 1 fully saturated rings. The first-order valence-electron chi connectivity index (χ1n) is 9.22. The van der Waals surface area contributed by atoms with E-state index in [4.69, 9.17) is 0 Å². The van der Waals surface area contributed by atoms with Gasteiger partial charge in [0.15, 0.2) is 5.69 Å². The van der Waals surface area contributed by atoms with Crippen molar-refractivity contribution in [3.05, 3.63) is 59.6 Å². The number of amides is 1. The lowest BCUT2D eigenvalue weighted by atomic mass is 10.2. The van der Waals surface area contributed by atoms with E-state index in [-0.39, 0.29) is 18.3 Å². The van der Waals surface area contributed by atoms with Crippen LogP contribution in [0.4, 0.5) is 0 Å².